The Morgan fingerprint density at radius 3 is 2.85 bits per heavy atom. The Morgan fingerprint density at radius 1 is 1.40 bits per heavy atom. The highest BCUT2D eigenvalue weighted by atomic mass is 16.1. The second-order valence-corrected chi connectivity index (χ2v) is 4.33. The van der Waals surface area contributed by atoms with Gasteiger partial charge in [-0.15, -0.1) is 10.2 Å². The molecule has 0 aliphatic rings. The summed E-state index contributed by atoms with van der Waals surface area (Å²) in [6.07, 6.45) is 3.93. The summed E-state index contributed by atoms with van der Waals surface area (Å²) in [7, 11) is 1.87. The fourth-order valence-electron chi connectivity index (χ4n) is 1.75. The molecule has 0 saturated heterocycles. The second-order valence-electron chi connectivity index (χ2n) is 4.33. The molecule has 0 aliphatic heterocycles. The van der Waals surface area contributed by atoms with Crippen molar-refractivity contribution in [3.05, 3.63) is 36.2 Å². The first-order valence-electron chi connectivity index (χ1n) is 6.51. The van der Waals surface area contributed by atoms with E-state index in [9.17, 15) is 4.79 Å². The molecule has 20 heavy (non-hydrogen) atoms. The van der Waals surface area contributed by atoms with Crippen molar-refractivity contribution >= 4 is 11.6 Å². The Hall–Kier alpha value is -2.44. The van der Waals surface area contributed by atoms with Crippen molar-refractivity contribution in [2.75, 3.05) is 18.4 Å². The summed E-state index contributed by atoms with van der Waals surface area (Å²) in [4.78, 5) is 16.0. The molecule has 0 saturated carbocycles. The molecular formula is C13H18N6O. The van der Waals surface area contributed by atoms with Gasteiger partial charge in [-0.25, -0.2) is 4.98 Å². The van der Waals surface area contributed by atoms with Crippen LogP contribution >= 0.6 is 0 Å². The number of carbonyl (C=O) groups is 1. The Balaban J connectivity index is 1.84. The van der Waals surface area contributed by atoms with Crippen molar-refractivity contribution in [2.24, 2.45) is 7.05 Å². The second kappa shape index (κ2) is 6.65. The van der Waals surface area contributed by atoms with Crippen LogP contribution in [0.25, 0.3) is 0 Å². The van der Waals surface area contributed by atoms with Crippen molar-refractivity contribution in [1.29, 1.82) is 0 Å². The molecule has 2 aromatic heterocycles. The van der Waals surface area contributed by atoms with Crippen LogP contribution in [-0.4, -0.2) is 38.7 Å². The Labute approximate surface area is 117 Å². The lowest BCUT2D eigenvalue weighted by molar-refractivity contribution is 0.0949. The molecule has 7 heteroatoms. The van der Waals surface area contributed by atoms with E-state index in [-0.39, 0.29) is 5.91 Å². The molecule has 7 nitrogen and oxygen atoms in total. The largest absolute Gasteiger partial charge is 0.384 e. The van der Waals surface area contributed by atoms with Gasteiger partial charge in [-0.1, -0.05) is 0 Å². The van der Waals surface area contributed by atoms with E-state index in [1.165, 1.54) is 0 Å². The third-order valence-electron chi connectivity index (χ3n) is 2.82. The molecule has 0 fully saturated rings. The van der Waals surface area contributed by atoms with E-state index in [4.69, 9.17) is 0 Å². The van der Waals surface area contributed by atoms with Gasteiger partial charge in [-0.05, 0) is 19.1 Å². The first-order valence-corrected chi connectivity index (χ1v) is 6.51. The Kier molecular flexibility index (Phi) is 4.65. The highest BCUT2D eigenvalue weighted by molar-refractivity contribution is 5.92. The zero-order chi connectivity index (χ0) is 14.4. The topological polar surface area (TPSA) is 84.7 Å². The van der Waals surface area contributed by atoms with Crippen LogP contribution in [0.1, 0.15) is 23.2 Å². The molecule has 2 heterocycles. The predicted molar refractivity (Wildman–Crippen MR) is 75.4 cm³/mol. The van der Waals surface area contributed by atoms with E-state index < -0.39 is 0 Å². The summed E-state index contributed by atoms with van der Waals surface area (Å²) in [5.74, 6) is 0.649. The maximum Gasteiger partial charge on any atom is 0.269 e. The van der Waals surface area contributed by atoms with Gasteiger partial charge in [0.05, 0.1) is 11.9 Å². The summed E-state index contributed by atoms with van der Waals surface area (Å²) < 4.78 is 1.83. The van der Waals surface area contributed by atoms with E-state index in [0.717, 1.165) is 18.1 Å². The molecule has 2 aromatic rings. The van der Waals surface area contributed by atoms with Crippen molar-refractivity contribution in [3.63, 3.8) is 0 Å². The lowest BCUT2D eigenvalue weighted by Gasteiger charge is -2.06. The van der Waals surface area contributed by atoms with E-state index in [2.05, 4.69) is 25.8 Å². The van der Waals surface area contributed by atoms with Crippen LogP contribution in [0.5, 0.6) is 0 Å². The van der Waals surface area contributed by atoms with E-state index >= 15 is 0 Å². The number of nitrogens with zero attached hydrogens (tertiary/aromatic N) is 4. The molecule has 2 N–H and O–H groups in total. The van der Waals surface area contributed by atoms with Crippen molar-refractivity contribution in [3.8, 4) is 0 Å². The minimum atomic E-state index is -0.185. The molecule has 1 amide bonds. The third kappa shape index (κ3) is 3.53. The zero-order valence-electron chi connectivity index (χ0n) is 11.6. The number of hydrogen-bond donors (Lipinski definition) is 2. The number of aryl methyl sites for hydroxylation is 1. The Morgan fingerprint density at radius 2 is 2.25 bits per heavy atom. The van der Waals surface area contributed by atoms with Crippen LogP contribution in [0.2, 0.25) is 0 Å². The van der Waals surface area contributed by atoms with Gasteiger partial charge in [0.2, 0.25) is 0 Å². The maximum atomic E-state index is 11.9. The summed E-state index contributed by atoms with van der Waals surface area (Å²) >= 11 is 0. The fraction of sp³-hybridized carbons (Fsp3) is 0.385. The van der Waals surface area contributed by atoms with Crippen molar-refractivity contribution < 1.29 is 4.79 Å². The SMILES string of the molecule is CCNc1ccc(C(=O)NCCc2nncn2C)nc1. The number of nitrogens with one attached hydrogen (secondary N) is 2. The Bertz CT molecular complexity index is 562. The quantitative estimate of drug-likeness (QED) is 0.806. The molecule has 0 aliphatic carbocycles. The van der Waals surface area contributed by atoms with Gasteiger partial charge in [-0.3, -0.25) is 4.79 Å². The molecular weight excluding hydrogens is 256 g/mol. The number of carbonyl (C=O) groups excluding carboxylic acids is 1. The number of aromatic nitrogens is 4. The normalized spacial score (nSPS) is 10.3. The lowest BCUT2D eigenvalue weighted by atomic mass is 10.3. The smallest absolute Gasteiger partial charge is 0.269 e. The molecule has 0 bridgehead atoms. The molecule has 0 spiro atoms. The van der Waals surface area contributed by atoms with Crippen LogP contribution in [0, 0.1) is 0 Å². The number of hydrogen-bond acceptors (Lipinski definition) is 5. The summed E-state index contributed by atoms with van der Waals surface area (Å²) in [5.41, 5.74) is 1.31. The molecule has 0 unspecified atom stereocenters. The molecule has 0 atom stereocenters. The van der Waals surface area contributed by atoms with E-state index in [1.54, 1.807) is 18.6 Å². The van der Waals surface area contributed by atoms with Crippen LogP contribution < -0.4 is 10.6 Å². The van der Waals surface area contributed by atoms with Gasteiger partial charge in [0.1, 0.15) is 17.8 Å². The van der Waals surface area contributed by atoms with Gasteiger partial charge in [0.25, 0.3) is 5.91 Å². The lowest BCUT2D eigenvalue weighted by Crippen LogP contribution is -2.27. The number of rotatable bonds is 6. The highest BCUT2D eigenvalue weighted by Crippen LogP contribution is 2.05. The van der Waals surface area contributed by atoms with Crippen LogP contribution in [0.3, 0.4) is 0 Å². The number of amides is 1. The average molecular weight is 274 g/mol. The molecule has 0 aromatic carbocycles. The van der Waals surface area contributed by atoms with E-state index in [0.29, 0.717) is 18.7 Å². The average Bonchev–Trinajstić information content (AvgIpc) is 2.85. The molecule has 2 rings (SSSR count). The maximum absolute atomic E-state index is 11.9. The minimum absolute atomic E-state index is 0.185. The first-order chi connectivity index (χ1) is 9.70. The van der Waals surface area contributed by atoms with Gasteiger partial charge < -0.3 is 15.2 Å². The monoisotopic (exact) mass is 274 g/mol. The predicted octanol–water partition coefficient (Wildman–Crippen LogP) is 0.614. The zero-order valence-corrected chi connectivity index (χ0v) is 11.6. The standard InChI is InChI=1S/C13H18N6O/c1-3-14-10-4-5-11(16-8-10)13(20)15-7-6-12-18-17-9-19(12)2/h4-5,8-9,14H,3,6-7H2,1-2H3,(H,15,20). The summed E-state index contributed by atoms with van der Waals surface area (Å²) in [5, 5.41) is 13.7. The van der Waals surface area contributed by atoms with Gasteiger partial charge in [0, 0.05) is 26.6 Å². The van der Waals surface area contributed by atoms with Crippen molar-refractivity contribution in [2.45, 2.75) is 13.3 Å². The van der Waals surface area contributed by atoms with E-state index in [1.807, 2.05) is 24.6 Å². The molecule has 0 radical (unpaired) electrons. The van der Waals surface area contributed by atoms with Crippen LogP contribution in [-0.2, 0) is 13.5 Å². The van der Waals surface area contributed by atoms with Crippen LogP contribution in [0.4, 0.5) is 5.69 Å². The highest BCUT2D eigenvalue weighted by Gasteiger charge is 2.07. The number of pyridine rings is 1. The van der Waals surface area contributed by atoms with Gasteiger partial charge in [-0.2, -0.15) is 0 Å². The van der Waals surface area contributed by atoms with Crippen LogP contribution in [0.15, 0.2) is 24.7 Å². The molecule has 106 valence electrons. The minimum Gasteiger partial charge on any atom is -0.384 e. The fourth-order valence-corrected chi connectivity index (χ4v) is 1.75. The summed E-state index contributed by atoms with van der Waals surface area (Å²) in [6.45, 7) is 3.33. The van der Waals surface area contributed by atoms with Crippen molar-refractivity contribution in [1.82, 2.24) is 25.1 Å². The number of anilines is 1. The third-order valence-corrected chi connectivity index (χ3v) is 2.82. The summed E-state index contributed by atoms with van der Waals surface area (Å²) in [6, 6.07) is 3.55. The first kappa shape index (κ1) is 14.0. The van der Waals surface area contributed by atoms with Gasteiger partial charge >= 0.3 is 0 Å². The van der Waals surface area contributed by atoms with Gasteiger partial charge in [0.15, 0.2) is 0 Å².